The summed E-state index contributed by atoms with van der Waals surface area (Å²) >= 11 is 5.47. The van der Waals surface area contributed by atoms with Crippen LogP contribution in [0.15, 0.2) is 12.3 Å². The molecule has 0 aliphatic heterocycles. The van der Waals surface area contributed by atoms with E-state index in [1.165, 1.54) is 13.1 Å². The monoisotopic (exact) mass is 308 g/mol. The fourth-order valence-electron chi connectivity index (χ4n) is 1.78. The number of nitrogens with one attached hydrogen (secondary N) is 1. The van der Waals surface area contributed by atoms with Crippen LogP contribution in [-0.2, 0) is 17.4 Å². The Labute approximate surface area is 120 Å². The number of alkyl halides is 3. The second-order valence-corrected chi connectivity index (χ2v) is 4.95. The van der Waals surface area contributed by atoms with Gasteiger partial charge in [0.2, 0.25) is 5.91 Å². The standard InChI is InChI=1S/C13H16ClF3N2O/c1-3-9(6-18-8(2)20)4-10-5-11(13(15,16)17)12(14)19-7-10/h5,7,9H,3-4,6H2,1-2H3,(H,18,20). The Morgan fingerprint density at radius 2 is 2.15 bits per heavy atom. The molecule has 1 rings (SSSR count). The SMILES string of the molecule is CCC(CNC(C)=O)Cc1cnc(Cl)c(C(F)(F)F)c1. The molecule has 1 N–H and O–H groups in total. The van der Waals surface area contributed by atoms with Crippen LogP contribution in [-0.4, -0.2) is 17.4 Å². The molecule has 1 unspecified atom stereocenters. The van der Waals surface area contributed by atoms with E-state index in [4.69, 9.17) is 11.6 Å². The summed E-state index contributed by atoms with van der Waals surface area (Å²) in [5.74, 6) is -0.100. The molecule has 1 aromatic heterocycles. The predicted octanol–water partition coefficient (Wildman–Crippen LogP) is 3.46. The average molecular weight is 309 g/mol. The first kappa shape index (κ1) is 16.8. The number of rotatable bonds is 5. The predicted molar refractivity (Wildman–Crippen MR) is 70.4 cm³/mol. The molecular weight excluding hydrogens is 293 g/mol. The summed E-state index contributed by atoms with van der Waals surface area (Å²) in [6.07, 6.45) is -2.03. The van der Waals surface area contributed by atoms with Crippen LogP contribution < -0.4 is 5.32 Å². The lowest BCUT2D eigenvalue weighted by molar-refractivity contribution is -0.137. The number of nitrogens with zero attached hydrogens (tertiary/aromatic N) is 1. The van der Waals surface area contributed by atoms with E-state index in [-0.39, 0.29) is 11.8 Å². The van der Waals surface area contributed by atoms with Crippen molar-refractivity contribution in [3.8, 4) is 0 Å². The fraction of sp³-hybridized carbons (Fsp3) is 0.538. The van der Waals surface area contributed by atoms with E-state index in [1.54, 1.807) is 0 Å². The van der Waals surface area contributed by atoms with Crippen molar-refractivity contribution in [1.29, 1.82) is 0 Å². The Kier molecular flexibility index (Phi) is 5.80. The molecule has 1 aromatic rings. The van der Waals surface area contributed by atoms with Crippen molar-refractivity contribution in [2.24, 2.45) is 5.92 Å². The third-order valence-corrected chi connectivity index (χ3v) is 3.24. The van der Waals surface area contributed by atoms with Crippen LogP contribution in [0, 0.1) is 5.92 Å². The summed E-state index contributed by atoms with van der Waals surface area (Å²) < 4.78 is 38.2. The maximum absolute atomic E-state index is 12.7. The second kappa shape index (κ2) is 6.92. The van der Waals surface area contributed by atoms with E-state index in [2.05, 4.69) is 10.3 Å². The summed E-state index contributed by atoms with van der Waals surface area (Å²) in [7, 11) is 0. The van der Waals surface area contributed by atoms with Gasteiger partial charge in [-0.1, -0.05) is 24.9 Å². The zero-order chi connectivity index (χ0) is 15.3. The molecule has 1 atom stereocenters. The van der Waals surface area contributed by atoms with Crippen molar-refractivity contribution in [2.45, 2.75) is 32.9 Å². The minimum atomic E-state index is -4.51. The van der Waals surface area contributed by atoms with Gasteiger partial charge in [0.25, 0.3) is 0 Å². The van der Waals surface area contributed by atoms with Gasteiger partial charge >= 0.3 is 6.18 Å². The topological polar surface area (TPSA) is 42.0 Å². The lowest BCUT2D eigenvalue weighted by Gasteiger charge is -2.16. The van der Waals surface area contributed by atoms with E-state index < -0.39 is 16.9 Å². The Bertz CT molecular complexity index is 477. The van der Waals surface area contributed by atoms with Gasteiger partial charge in [-0.2, -0.15) is 13.2 Å². The van der Waals surface area contributed by atoms with Crippen molar-refractivity contribution in [1.82, 2.24) is 10.3 Å². The smallest absolute Gasteiger partial charge is 0.356 e. The normalized spacial score (nSPS) is 13.1. The minimum Gasteiger partial charge on any atom is -0.356 e. The molecule has 0 bridgehead atoms. The molecule has 0 saturated carbocycles. The Balaban J connectivity index is 2.84. The van der Waals surface area contributed by atoms with E-state index in [0.29, 0.717) is 18.5 Å². The van der Waals surface area contributed by atoms with Crippen molar-refractivity contribution in [3.05, 3.63) is 28.5 Å². The zero-order valence-corrected chi connectivity index (χ0v) is 12.0. The first-order valence-electron chi connectivity index (χ1n) is 6.20. The highest BCUT2D eigenvalue weighted by molar-refractivity contribution is 6.30. The molecule has 0 fully saturated rings. The van der Waals surface area contributed by atoms with Crippen LogP contribution in [0.5, 0.6) is 0 Å². The summed E-state index contributed by atoms with van der Waals surface area (Å²) in [6, 6.07) is 1.02. The Morgan fingerprint density at radius 3 is 2.65 bits per heavy atom. The summed E-state index contributed by atoms with van der Waals surface area (Å²) in [5.41, 5.74) is -0.468. The van der Waals surface area contributed by atoms with Gasteiger partial charge in [0, 0.05) is 19.7 Å². The van der Waals surface area contributed by atoms with Gasteiger partial charge in [0.05, 0.1) is 5.56 Å². The van der Waals surface area contributed by atoms with Gasteiger partial charge < -0.3 is 5.32 Å². The minimum absolute atomic E-state index is 0.0583. The van der Waals surface area contributed by atoms with Gasteiger partial charge in [-0.15, -0.1) is 0 Å². The number of carbonyl (C=O) groups is 1. The number of aromatic nitrogens is 1. The average Bonchev–Trinajstić information content (AvgIpc) is 2.34. The van der Waals surface area contributed by atoms with E-state index in [1.807, 2.05) is 6.92 Å². The molecule has 0 aromatic carbocycles. The maximum atomic E-state index is 12.7. The molecule has 3 nitrogen and oxygen atoms in total. The van der Waals surface area contributed by atoms with Crippen LogP contribution in [0.4, 0.5) is 13.2 Å². The third kappa shape index (κ3) is 5.00. The van der Waals surface area contributed by atoms with Gasteiger partial charge in [-0.05, 0) is 24.0 Å². The number of hydrogen-bond acceptors (Lipinski definition) is 2. The van der Waals surface area contributed by atoms with Crippen molar-refractivity contribution in [2.75, 3.05) is 6.54 Å². The van der Waals surface area contributed by atoms with Gasteiger partial charge in [0.1, 0.15) is 5.15 Å². The number of amides is 1. The molecule has 7 heteroatoms. The van der Waals surface area contributed by atoms with Gasteiger partial charge in [-0.3, -0.25) is 4.79 Å². The van der Waals surface area contributed by atoms with Crippen molar-refractivity contribution < 1.29 is 18.0 Å². The maximum Gasteiger partial charge on any atom is 0.419 e. The number of halogens is 4. The van der Waals surface area contributed by atoms with E-state index in [9.17, 15) is 18.0 Å². The molecule has 20 heavy (non-hydrogen) atoms. The van der Waals surface area contributed by atoms with Crippen LogP contribution in [0.2, 0.25) is 5.15 Å². The van der Waals surface area contributed by atoms with E-state index >= 15 is 0 Å². The Hall–Kier alpha value is -1.30. The summed E-state index contributed by atoms with van der Waals surface area (Å²) in [4.78, 5) is 14.4. The zero-order valence-electron chi connectivity index (χ0n) is 11.2. The Morgan fingerprint density at radius 1 is 1.50 bits per heavy atom. The highest BCUT2D eigenvalue weighted by Crippen LogP contribution is 2.34. The molecular formula is C13H16ClF3N2O. The quantitative estimate of drug-likeness (QED) is 0.846. The highest BCUT2D eigenvalue weighted by Gasteiger charge is 2.34. The molecule has 0 spiro atoms. The largest absolute Gasteiger partial charge is 0.419 e. The van der Waals surface area contributed by atoms with Crippen molar-refractivity contribution in [3.63, 3.8) is 0 Å². The van der Waals surface area contributed by atoms with Gasteiger partial charge in [0.15, 0.2) is 0 Å². The molecule has 1 amide bonds. The molecule has 0 aliphatic carbocycles. The van der Waals surface area contributed by atoms with Crippen LogP contribution >= 0.6 is 11.6 Å². The number of pyridine rings is 1. The number of hydrogen-bond donors (Lipinski definition) is 1. The van der Waals surface area contributed by atoms with Crippen molar-refractivity contribution >= 4 is 17.5 Å². The lowest BCUT2D eigenvalue weighted by Crippen LogP contribution is -2.27. The molecule has 0 aliphatic rings. The fourth-order valence-corrected chi connectivity index (χ4v) is 1.99. The van der Waals surface area contributed by atoms with Crippen LogP contribution in [0.3, 0.4) is 0 Å². The molecule has 0 saturated heterocycles. The second-order valence-electron chi connectivity index (χ2n) is 4.60. The summed E-state index contributed by atoms with van der Waals surface area (Å²) in [5, 5.41) is 2.12. The summed E-state index contributed by atoms with van der Waals surface area (Å²) in [6.45, 7) is 3.74. The van der Waals surface area contributed by atoms with Crippen LogP contribution in [0.25, 0.3) is 0 Å². The molecule has 112 valence electrons. The first-order chi connectivity index (χ1) is 9.24. The first-order valence-corrected chi connectivity index (χ1v) is 6.57. The van der Waals surface area contributed by atoms with Crippen LogP contribution in [0.1, 0.15) is 31.4 Å². The highest BCUT2D eigenvalue weighted by atomic mass is 35.5. The van der Waals surface area contributed by atoms with Gasteiger partial charge in [-0.25, -0.2) is 4.98 Å². The lowest BCUT2D eigenvalue weighted by atomic mass is 9.97. The molecule has 0 radical (unpaired) electrons. The molecule has 1 heterocycles. The van der Waals surface area contributed by atoms with E-state index in [0.717, 1.165) is 12.5 Å². The number of carbonyl (C=O) groups excluding carboxylic acids is 1. The third-order valence-electron chi connectivity index (χ3n) is 2.94.